The van der Waals surface area contributed by atoms with Crippen LogP contribution in [0.3, 0.4) is 0 Å². The zero-order valence-electron chi connectivity index (χ0n) is 11.9. The van der Waals surface area contributed by atoms with Crippen LogP contribution in [-0.4, -0.2) is 35.1 Å². The summed E-state index contributed by atoms with van der Waals surface area (Å²) in [7, 11) is 0. The number of benzene rings is 1. The van der Waals surface area contributed by atoms with Gasteiger partial charge in [-0.1, -0.05) is 36.7 Å². The van der Waals surface area contributed by atoms with E-state index in [0.29, 0.717) is 29.6 Å². The third-order valence-electron chi connectivity index (χ3n) is 3.80. The number of halogens is 1. The fourth-order valence-corrected chi connectivity index (χ4v) is 2.65. The van der Waals surface area contributed by atoms with Gasteiger partial charge < -0.3 is 15.3 Å². The Morgan fingerprint density at radius 3 is 2.52 bits per heavy atom. The van der Waals surface area contributed by atoms with Crippen molar-refractivity contribution < 1.29 is 14.7 Å². The van der Waals surface area contributed by atoms with Crippen molar-refractivity contribution in [3.05, 3.63) is 34.9 Å². The number of nitrogens with zero attached hydrogens (tertiary/aromatic N) is 1. The van der Waals surface area contributed by atoms with E-state index in [0.717, 1.165) is 12.8 Å². The third kappa shape index (κ3) is 3.88. The molecule has 0 spiro atoms. The van der Waals surface area contributed by atoms with Gasteiger partial charge in [-0.15, -0.1) is 0 Å². The van der Waals surface area contributed by atoms with E-state index in [-0.39, 0.29) is 6.03 Å². The molecule has 2 rings (SSSR count). The lowest BCUT2D eigenvalue weighted by atomic mass is 9.99. The van der Waals surface area contributed by atoms with Crippen LogP contribution in [-0.2, 0) is 4.79 Å². The minimum atomic E-state index is -1.13. The highest BCUT2D eigenvalue weighted by molar-refractivity contribution is 6.31. The highest BCUT2D eigenvalue weighted by Gasteiger charge is 2.27. The molecule has 2 N–H and O–H groups in total. The van der Waals surface area contributed by atoms with E-state index in [9.17, 15) is 14.7 Å². The first kappa shape index (κ1) is 15.6. The molecule has 0 bridgehead atoms. The fraction of sp³-hybridized carbons (Fsp3) is 0.467. The first-order chi connectivity index (χ1) is 9.99. The summed E-state index contributed by atoms with van der Waals surface area (Å²) in [6.45, 7) is 3.46. The number of hydrogen-bond acceptors (Lipinski definition) is 2. The van der Waals surface area contributed by atoms with Crippen LogP contribution in [0.25, 0.3) is 0 Å². The first-order valence-corrected chi connectivity index (χ1v) is 7.39. The van der Waals surface area contributed by atoms with Gasteiger partial charge in [0.25, 0.3) is 0 Å². The number of aliphatic carboxylic acids is 1. The summed E-state index contributed by atoms with van der Waals surface area (Å²) < 4.78 is 0. The minimum absolute atomic E-state index is 0.331. The number of carboxylic acid groups (broad SMARTS) is 1. The second-order valence-corrected chi connectivity index (χ2v) is 5.82. The second kappa shape index (κ2) is 6.80. The molecule has 1 atom stereocenters. The van der Waals surface area contributed by atoms with Gasteiger partial charge in [0.05, 0.1) is 0 Å². The molecule has 1 fully saturated rings. The van der Waals surface area contributed by atoms with Crippen LogP contribution < -0.4 is 5.32 Å². The molecule has 0 saturated carbocycles. The van der Waals surface area contributed by atoms with Gasteiger partial charge in [-0.25, -0.2) is 9.59 Å². The van der Waals surface area contributed by atoms with Gasteiger partial charge in [0, 0.05) is 23.7 Å². The largest absolute Gasteiger partial charge is 0.479 e. The number of likely N-dealkylation sites (tertiary alicyclic amines) is 1. The number of piperidine rings is 1. The molecule has 0 aromatic heterocycles. The summed E-state index contributed by atoms with van der Waals surface area (Å²) in [4.78, 5) is 25.3. The maximum absolute atomic E-state index is 12.2. The topological polar surface area (TPSA) is 69.6 Å². The molecule has 0 unspecified atom stereocenters. The average molecular weight is 311 g/mol. The van der Waals surface area contributed by atoms with E-state index < -0.39 is 12.0 Å². The van der Waals surface area contributed by atoms with E-state index in [1.54, 1.807) is 29.2 Å². The number of carbonyl (C=O) groups excluding carboxylic acids is 1. The van der Waals surface area contributed by atoms with Crippen LogP contribution in [0.4, 0.5) is 4.79 Å². The Morgan fingerprint density at radius 1 is 1.33 bits per heavy atom. The summed E-state index contributed by atoms with van der Waals surface area (Å²) in [5.41, 5.74) is 0.394. The Kier molecular flexibility index (Phi) is 5.07. The average Bonchev–Trinajstić information content (AvgIpc) is 2.46. The highest BCUT2D eigenvalue weighted by Crippen LogP contribution is 2.23. The Labute approximate surface area is 128 Å². The summed E-state index contributed by atoms with van der Waals surface area (Å²) in [6.07, 6.45) is 1.88. The predicted molar refractivity (Wildman–Crippen MR) is 80.3 cm³/mol. The van der Waals surface area contributed by atoms with E-state index in [4.69, 9.17) is 11.6 Å². The quantitative estimate of drug-likeness (QED) is 0.902. The van der Waals surface area contributed by atoms with Crippen LogP contribution in [0, 0.1) is 5.92 Å². The molecular weight excluding hydrogens is 292 g/mol. The Hall–Kier alpha value is -1.75. The standard InChI is InChI=1S/C15H19ClN2O3/c1-10-6-8-18(9-7-10)15(21)17-13(14(19)20)11-4-2-3-5-12(11)16/h2-5,10,13H,6-9H2,1H3,(H,17,21)(H,19,20)/t13-/m1/s1. The van der Waals surface area contributed by atoms with Crippen molar-refractivity contribution >= 4 is 23.6 Å². The number of carbonyl (C=O) groups is 2. The minimum Gasteiger partial charge on any atom is -0.479 e. The van der Waals surface area contributed by atoms with E-state index in [2.05, 4.69) is 12.2 Å². The molecule has 1 aromatic carbocycles. The maximum atomic E-state index is 12.2. The number of nitrogens with one attached hydrogen (secondary N) is 1. The Bertz CT molecular complexity index is 527. The van der Waals surface area contributed by atoms with Gasteiger partial charge in [-0.05, 0) is 24.8 Å². The molecule has 1 aliphatic rings. The maximum Gasteiger partial charge on any atom is 0.331 e. The Balaban J connectivity index is 2.08. The van der Waals surface area contributed by atoms with Crippen molar-refractivity contribution in [1.82, 2.24) is 10.2 Å². The van der Waals surface area contributed by atoms with Gasteiger partial charge >= 0.3 is 12.0 Å². The van der Waals surface area contributed by atoms with Crippen LogP contribution >= 0.6 is 11.6 Å². The normalized spacial score (nSPS) is 17.3. The van der Waals surface area contributed by atoms with Crippen LogP contribution in [0.15, 0.2) is 24.3 Å². The molecule has 1 saturated heterocycles. The SMILES string of the molecule is CC1CCN(C(=O)N[C@@H](C(=O)O)c2ccccc2Cl)CC1. The summed E-state index contributed by atoms with van der Waals surface area (Å²) in [5, 5.41) is 12.2. The summed E-state index contributed by atoms with van der Waals surface area (Å²) in [5.74, 6) is -0.519. The lowest BCUT2D eigenvalue weighted by Crippen LogP contribution is -2.46. The molecule has 1 aromatic rings. The molecular formula is C15H19ClN2O3. The van der Waals surface area contributed by atoms with Crippen LogP contribution in [0.1, 0.15) is 31.4 Å². The molecule has 0 aliphatic carbocycles. The van der Waals surface area contributed by atoms with Crippen LogP contribution in [0.2, 0.25) is 5.02 Å². The van der Waals surface area contributed by atoms with Crippen molar-refractivity contribution in [2.45, 2.75) is 25.8 Å². The molecule has 5 nitrogen and oxygen atoms in total. The molecule has 21 heavy (non-hydrogen) atoms. The Morgan fingerprint density at radius 2 is 1.95 bits per heavy atom. The van der Waals surface area contributed by atoms with E-state index in [1.165, 1.54) is 0 Å². The van der Waals surface area contributed by atoms with E-state index in [1.807, 2.05) is 0 Å². The number of amides is 2. The lowest BCUT2D eigenvalue weighted by molar-refractivity contribution is -0.139. The highest BCUT2D eigenvalue weighted by atomic mass is 35.5. The molecule has 114 valence electrons. The van der Waals surface area contributed by atoms with E-state index >= 15 is 0 Å². The summed E-state index contributed by atoms with van der Waals surface area (Å²) in [6, 6.07) is 5.16. The van der Waals surface area contributed by atoms with Gasteiger partial charge in [0.2, 0.25) is 0 Å². The van der Waals surface area contributed by atoms with Gasteiger partial charge in [-0.2, -0.15) is 0 Å². The first-order valence-electron chi connectivity index (χ1n) is 7.01. The number of rotatable bonds is 3. The van der Waals surface area contributed by atoms with Crippen molar-refractivity contribution in [3.63, 3.8) is 0 Å². The number of hydrogen-bond donors (Lipinski definition) is 2. The fourth-order valence-electron chi connectivity index (χ4n) is 2.41. The van der Waals surface area contributed by atoms with Crippen LogP contribution in [0.5, 0.6) is 0 Å². The van der Waals surface area contributed by atoms with Gasteiger partial charge in [0.1, 0.15) is 0 Å². The smallest absolute Gasteiger partial charge is 0.331 e. The number of carboxylic acids is 1. The van der Waals surface area contributed by atoms with Gasteiger partial charge in [-0.3, -0.25) is 0 Å². The lowest BCUT2D eigenvalue weighted by Gasteiger charge is -2.31. The van der Waals surface area contributed by atoms with Gasteiger partial charge in [0.15, 0.2) is 6.04 Å². The van der Waals surface area contributed by atoms with Crippen molar-refractivity contribution in [2.75, 3.05) is 13.1 Å². The number of urea groups is 1. The third-order valence-corrected chi connectivity index (χ3v) is 4.15. The predicted octanol–water partition coefficient (Wildman–Crippen LogP) is 2.91. The monoisotopic (exact) mass is 310 g/mol. The van der Waals surface area contributed by atoms with Crippen molar-refractivity contribution in [3.8, 4) is 0 Å². The molecule has 0 radical (unpaired) electrons. The van der Waals surface area contributed by atoms with Crippen molar-refractivity contribution in [1.29, 1.82) is 0 Å². The molecule has 1 heterocycles. The summed E-state index contributed by atoms with van der Waals surface area (Å²) >= 11 is 6.02. The molecule has 6 heteroatoms. The second-order valence-electron chi connectivity index (χ2n) is 5.41. The molecule has 2 amide bonds. The molecule has 1 aliphatic heterocycles. The zero-order chi connectivity index (χ0) is 15.4. The van der Waals surface area contributed by atoms with Crippen molar-refractivity contribution in [2.24, 2.45) is 5.92 Å². The zero-order valence-corrected chi connectivity index (χ0v) is 12.6.